The van der Waals surface area contributed by atoms with Gasteiger partial charge in [-0.3, -0.25) is 0 Å². The van der Waals surface area contributed by atoms with Crippen LogP contribution in [-0.4, -0.2) is 12.1 Å². The Morgan fingerprint density at radius 1 is 1.20 bits per heavy atom. The highest BCUT2D eigenvalue weighted by molar-refractivity contribution is 5.33. The summed E-state index contributed by atoms with van der Waals surface area (Å²) < 4.78 is 5.80. The first-order valence-corrected chi connectivity index (χ1v) is 5.53. The highest BCUT2D eigenvalue weighted by atomic mass is 16.5. The van der Waals surface area contributed by atoms with Crippen molar-refractivity contribution in [3.8, 4) is 5.75 Å². The van der Waals surface area contributed by atoms with Crippen molar-refractivity contribution in [3.63, 3.8) is 0 Å². The van der Waals surface area contributed by atoms with E-state index in [1.54, 1.807) is 0 Å². The lowest BCUT2D eigenvalue weighted by Gasteiger charge is -2.20. The number of benzene rings is 1. The van der Waals surface area contributed by atoms with Crippen LogP contribution in [0.15, 0.2) is 18.2 Å². The van der Waals surface area contributed by atoms with Crippen molar-refractivity contribution in [1.29, 1.82) is 0 Å². The average Bonchev–Trinajstić information content (AvgIpc) is 2.14. The van der Waals surface area contributed by atoms with Crippen LogP contribution in [0, 0.1) is 13.8 Å². The van der Waals surface area contributed by atoms with Gasteiger partial charge in [-0.05, 0) is 50.5 Å². The molecule has 1 aromatic carbocycles. The second-order valence-electron chi connectivity index (χ2n) is 4.22. The van der Waals surface area contributed by atoms with Crippen LogP contribution in [0.5, 0.6) is 5.75 Å². The van der Waals surface area contributed by atoms with Crippen molar-refractivity contribution in [2.45, 2.75) is 46.3 Å². The van der Waals surface area contributed by atoms with Crippen LogP contribution in [0.3, 0.4) is 0 Å². The molecule has 2 atom stereocenters. The van der Waals surface area contributed by atoms with E-state index >= 15 is 0 Å². The van der Waals surface area contributed by atoms with E-state index in [0.29, 0.717) is 0 Å². The Kier molecular flexibility index (Phi) is 4.15. The second kappa shape index (κ2) is 5.17. The molecular weight excluding hydrogens is 186 g/mol. The fourth-order valence-electron chi connectivity index (χ4n) is 1.63. The number of nitrogens with two attached hydrogens (primary N) is 1. The largest absolute Gasteiger partial charge is 0.489 e. The molecule has 0 fully saturated rings. The van der Waals surface area contributed by atoms with Crippen molar-refractivity contribution in [1.82, 2.24) is 0 Å². The Bertz CT molecular complexity index is 302. The molecule has 15 heavy (non-hydrogen) atoms. The van der Waals surface area contributed by atoms with E-state index in [9.17, 15) is 0 Å². The smallest absolute Gasteiger partial charge is 0.120 e. The minimum Gasteiger partial charge on any atom is -0.489 e. The molecule has 0 heterocycles. The number of ether oxygens (including phenoxy) is 1. The minimum absolute atomic E-state index is 0.0659. The van der Waals surface area contributed by atoms with Gasteiger partial charge in [0, 0.05) is 6.04 Å². The number of hydrogen-bond donors (Lipinski definition) is 1. The van der Waals surface area contributed by atoms with Crippen LogP contribution in [0.2, 0.25) is 0 Å². The van der Waals surface area contributed by atoms with Gasteiger partial charge >= 0.3 is 0 Å². The first kappa shape index (κ1) is 12.1. The van der Waals surface area contributed by atoms with Gasteiger partial charge in [0.15, 0.2) is 0 Å². The monoisotopic (exact) mass is 207 g/mol. The first-order valence-electron chi connectivity index (χ1n) is 5.53. The summed E-state index contributed by atoms with van der Waals surface area (Å²) in [5.41, 5.74) is 8.36. The summed E-state index contributed by atoms with van der Waals surface area (Å²) in [7, 11) is 0. The topological polar surface area (TPSA) is 35.2 Å². The fraction of sp³-hybridized carbons (Fsp3) is 0.538. The van der Waals surface area contributed by atoms with E-state index < -0.39 is 0 Å². The number of aryl methyl sites for hydroxylation is 2. The van der Waals surface area contributed by atoms with Crippen LogP contribution < -0.4 is 10.5 Å². The van der Waals surface area contributed by atoms with Crippen LogP contribution in [0.25, 0.3) is 0 Å². The Hall–Kier alpha value is -1.02. The van der Waals surface area contributed by atoms with E-state index in [-0.39, 0.29) is 12.1 Å². The Morgan fingerprint density at radius 3 is 2.20 bits per heavy atom. The fourth-order valence-corrected chi connectivity index (χ4v) is 1.63. The summed E-state index contributed by atoms with van der Waals surface area (Å²) in [6, 6.07) is 6.33. The predicted octanol–water partition coefficient (Wildman–Crippen LogP) is 2.81. The normalized spacial score (nSPS) is 14.7. The molecule has 0 saturated heterocycles. The molecule has 2 unspecified atom stereocenters. The van der Waals surface area contributed by atoms with Crippen LogP contribution in [0.1, 0.15) is 31.4 Å². The van der Waals surface area contributed by atoms with Crippen molar-refractivity contribution < 1.29 is 4.74 Å². The van der Waals surface area contributed by atoms with Crippen molar-refractivity contribution >= 4 is 0 Å². The highest BCUT2D eigenvalue weighted by Gasteiger charge is 2.12. The minimum atomic E-state index is 0.0659. The lowest BCUT2D eigenvalue weighted by Crippen LogP contribution is -2.35. The summed E-state index contributed by atoms with van der Waals surface area (Å²) in [4.78, 5) is 0. The molecule has 0 spiro atoms. The highest BCUT2D eigenvalue weighted by Crippen LogP contribution is 2.18. The summed E-state index contributed by atoms with van der Waals surface area (Å²) in [5, 5.41) is 0. The molecule has 2 heteroatoms. The third-order valence-electron chi connectivity index (χ3n) is 2.59. The van der Waals surface area contributed by atoms with Gasteiger partial charge in [0.1, 0.15) is 11.9 Å². The van der Waals surface area contributed by atoms with Gasteiger partial charge in [-0.2, -0.15) is 0 Å². The number of hydrogen-bond acceptors (Lipinski definition) is 2. The van der Waals surface area contributed by atoms with Gasteiger partial charge in [-0.15, -0.1) is 0 Å². The summed E-state index contributed by atoms with van der Waals surface area (Å²) >= 11 is 0. The van der Waals surface area contributed by atoms with Crippen molar-refractivity contribution in [2.24, 2.45) is 5.73 Å². The summed E-state index contributed by atoms with van der Waals surface area (Å²) in [6.07, 6.45) is 1.00. The van der Waals surface area contributed by atoms with E-state index in [0.717, 1.165) is 12.2 Å². The van der Waals surface area contributed by atoms with Crippen LogP contribution >= 0.6 is 0 Å². The molecular formula is C13H21NO. The molecule has 0 aromatic heterocycles. The third-order valence-corrected chi connectivity index (χ3v) is 2.59. The quantitative estimate of drug-likeness (QED) is 0.824. The molecule has 0 aliphatic carbocycles. The molecule has 0 radical (unpaired) electrons. The molecule has 0 aliphatic heterocycles. The Labute approximate surface area is 92.4 Å². The first-order chi connectivity index (χ1) is 7.02. The van der Waals surface area contributed by atoms with E-state index in [2.05, 4.69) is 26.8 Å². The van der Waals surface area contributed by atoms with Crippen LogP contribution in [0.4, 0.5) is 0 Å². The van der Waals surface area contributed by atoms with E-state index in [1.807, 2.05) is 19.1 Å². The zero-order chi connectivity index (χ0) is 11.4. The SMILES string of the molecule is CCC(N)C(C)Oc1cc(C)cc(C)c1. The maximum atomic E-state index is 5.92. The maximum Gasteiger partial charge on any atom is 0.120 e. The Balaban J connectivity index is 2.72. The zero-order valence-corrected chi connectivity index (χ0v) is 10.1. The summed E-state index contributed by atoms with van der Waals surface area (Å²) in [5.74, 6) is 0.920. The zero-order valence-electron chi connectivity index (χ0n) is 10.1. The van der Waals surface area contributed by atoms with Crippen LogP contribution in [-0.2, 0) is 0 Å². The Morgan fingerprint density at radius 2 is 1.73 bits per heavy atom. The van der Waals surface area contributed by atoms with Gasteiger partial charge in [-0.1, -0.05) is 13.0 Å². The molecule has 1 rings (SSSR count). The molecule has 2 nitrogen and oxygen atoms in total. The average molecular weight is 207 g/mol. The van der Waals surface area contributed by atoms with Gasteiger partial charge < -0.3 is 10.5 Å². The van der Waals surface area contributed by atoms with Gasteiger partial charge in [0.25, 0.3) is 0 Å². The third kappa shape index (κ3) is 3.56. The molecule has 0 aliphatic rings. The lowest BCUT2D eigenvalue weighted by atomic mass is 10.1. The molecule has 84 valence electrons. The van der Waals surface area contributed by atoms with E-state index in [4.69, 9.17) is 10.5 Å². The van der Waals surface area contributed by atoms with Crippen molar-refractivity contribution in [3.05, 3.63) is 29.3 Å². The molecule has 0 saturated carbocycles. The van der Waals surface area contributed by atoms with Crippen molar-refractivity contribution in [2.75, 3.05) is 0 Å². The molecule has 2 N–H and O–H groups in total. The van der Waals surface area contributed by atoms with Gasteiger partial charge in [-0.25, -0.2) is 0 Å². The molecule has 0 amide bonds. The lowest BCUT2D eigenvalue weighted by molar-refractivity contribution is 0.187. The predicted molar refractivity (Wildman–Crippen MR) is 64.3 cm³/mol. The standard InChI is InChI=1S/C13H21NO/c1-5-13(14)11(4)15-12-7-9(2)6-10(3)8-12/h6-8,11,13H,5,14H2,1-4H3. The van der Waals surface area contributed by atoms with Gasteiger partial charge in [0.2, 0.25) is 0 Å². The summed E-state index contributed by atoms with van der Waals surface area (Å²) in [6.45, 7) is 8.24. The molecule has 1 aromatic rings. The molecule has 0 bridgehead atoms. The second-order valence-corrected chi connectivity index (χ2v) is 4.22. The van der Waals surface area contributed by atoms with E-state index in [1.165, 1.54) is 11.1 Å². The van der Waals surface area contributed by atoms with Gasteiger partial charge in [0.05, 0.1) is 0 Å². The number of rotatable bonds is 4. The maximum absolute atomic E-state index is 5.92.